The van der Waals surface area contributed by atoms with Gasteiger partial charge in [-0.3, -0.25) is 0 Å². The summed E-state index contributed by atoms with van der Waals surface area (Å²) in [6.45, 7) is 1.77. The smallest absolute Gasteiger partial charge is 0.321 e. The normalized spacial score (nSPS) is 12.9. The van der Waals surface area contributed by atoms with Gasteiger partial charge in [0.25, 0.3) is 0 Å². The molecular weight excluding hydrogens is 303 g/mol. The van der Waals surface area contributed by atoms with Gasteiger partial charge < -0.3 is 21.2 Å². The van der Waals surface area contributed by atoms with Gasteiger partial charge in [-0.25, -0.2) is 4.79 Å². The Labute approximate surface area is 127 Å². The van der Waals surface area contributed by atoms with Gasteiger partial charge in [0.2, 0.25) is 0 Å². The Morgan fingerprint density at radius 2 is 2.20 bits per heavy atom. The summed E-state index contributed by atoms with van der Waals surface area (Å²) in [6.07, 6.45) is 0.254. The third-order valence-electron chi connectivity index (χ3n) is 2.78. The lowest BCUT2D eigenvalue weighted by Crippen LogP contribution is -2.40. The van der Waals surface area contributed by atoms with Crippen LogP contribution in [0.5, 0.6) is 0 Å². The molecule has 8 heteroatoms. The molecule has 6 nitrogen and oxygen atoms in total. The highest BCUT2D eigenvalue weighted by molar-refractivity contribution is 6.35. The number of hydrogen-bond donors (Lipinski definition) is 3. The molecule has 0 aliphatic carbocycles. The van der Waals surface area contributed by atoms with E-state index in [9.17, 15) is 4.79 Å². The molecule has 0 heterocycles. The molecule has 110 valence electrons. The van der Waals surface area contributed by atoms with Crippen molar-refractivity contribution in [3.05, 3.63) is 28.2 Å². The predicted molar refractivity (Wildman–Crippen MR) is 80.7 cm³/mol. The van der Waals surface area contributed by atoms with Crippen LogP contribution in [0.2, 0.25) is 10.0 Å². The van der Waals surface area contributed by atoms with E-state index in [-0.39, 0.29) is 24.3 Å². The molecule has 1 aromatic carbocycles. The molecule has 1 unspecified atom stereocenters. The molecule has 0 aromatic heterocycles. The summed E-state index contributed by atoms with van der Waals surface area (Å²) in [7, 11) is 1.60. The van der Waals surface area contributed by atoms with Gasteiger partial charge in [-0.15, -0.1) is 0 Å². The molecule has 0 spiro atoms. The number of amidine groups is 1. The largest absolute Gasteiger partial charge is 0.409 e. The van der Waals surface area contributed by atoms with Crippen molar-refractivity contribution in [1.82, 2.24) is 4.90 Å². The molecule has 0 radical (unpaired) electrons. The SMILES string of the molecule is CC(CC(N)=NO)N(C)C(=O)Nc1cc(Cl)ccc1Cl. The van der Waals surface area contributed by atoms with Crippen molar-refractivity contribution in [2.24, 2.45) is 10.9 Å². The van der Waals surface area contributed by atoms with E-state index in [4.69, 9.17) is 34.1 Å². The van der Waals surface area contributed by atoms with Crippen molar-refractivity contribution in [1.29, 1.82) is 0 Å². The number of carbonyl (C=O) groups is 1. The van der Waals surface area contributed by atoms with E-state index in [1.54, 1.807) is 32.2 Å². The summed E-state index contributed by atoms with van der Waals surface area (Å²) in [4.78, 5) is 13.5. The maximum absolute atomic E-state index is 12.1. The minimum absolute atomic E-state index is 0.0536. The number of benzene rings is 1. The number of halogens is 2. The van der Waals surface area contributed by atoms with E-state index < -0.39 is 0 Å². The first kappa shape index (κ1) is 16.4. The average Bonchev–Trinajstić information content (AvgIpc) is 2.41. The number of carbonyl (C=O) groups excluding carboxylic acids is 1. The molecule has 20 heavy (non-hydrogen) atoms. The molecule has 2 amide bonds. The molecule has 0 fully saturated rings. The zero-order valence-electron chi connectivity index (χ0n) is 11.1. The highest BCUT2D eigenvalue weighted by Crippen LogP contribution is 2.25. The molecule has 0 saturated carbocycles. The third-order valence-corrected chi connectivity index (χ3v) is 3.35. The Morgan fingerprint density at radius 3 is 2.80 bits per heavy atom. The lowest BCUT2D eigenvalue weighted by Gasteiger charge is -2.25. The molecule has 0 aliphatic heterocycles. The standard InChI is InChI=1S/C12H16Cl2N4O2/c1-7(5-11(15)17-20)18(2)12(19)16-10-6-8(13)3-4-9(10)14/h3-4,6-7,20H,5H2,1-2H3,(H2,15,17)(H,16,19). The Kier molecular flexibility index (Phi) is 5.91. The first-order chi connectivity index (χ1) is 9.35. The Morgan fingerprint density at radius 1 is 1.55 bits per heavy atom. The number of oxime groups is 1. The topological polar surface area (TPSA) is 91.0 Å². The minimum Gasteiger partial charge on any atom is -0.409 e. The summed E-state index contributed by atoms with van der Waals surface area (Å²) in [5.41, 5.74) is 5.83. The van der Waals surface area contributed by atoms with E-state index in [2.05, 4.69) is 10.5 Å². The van der Waals surface area contributed by atoms with Crippen molar-refractivity contribution in [2.45, 2.75) is 19.4 Å². The lowest BCUT2D eigenvalue weighted by molar-refractivity contribution is 0.208. The van der Waals surface area contributed by atoms with Gasteiger partial charge in [0.1, 0.15) is 5.84 Å². The van der Waals surface area contributed by atoms with E-state index in [1.165, 1.54) is 4.90 Å². The maximum atomic E-state index is 12.1. The van der Waals surface area contributed by atoms with Gasteiger partial charge in [-0.2, -0.15) is 0 Å². The molecule has 0 aliphatic rings. The van der Waals surface area contributed by atoms with E-state index in [0.717, 1.165) is 0 Å². The van der Waals surface area contributed by atoms with Crippen LogP contribution in [0.4, 0.5) is 10.5 Å². The quantitative estimate of drug-likeness (QED) is 0.345. The first-order valence-electron chi connectivity index (χ1n) is 5.80. The van der Waals surface area contributed by atoms with Crippen molar-refractivity contribution >= 4 is 40.8 Å². The molecule has 1 aromatic rings. The summed E-state index contributed by atoms with van der Waals surface area (Å²) in [6, 6.07) is 4.17. The predicted octanol–water partition coefficient (Wildman–Crippen LogP) is 2.98. The molecule has 0 saturated heterocycles. The van der Waals surface area contributed by atoms with Crippen molar-refractivity contribution in [3.63, 3.8) is 0 Å². The van der Waals surface area contributed by atoms with E-state index in [0.29, 0.717) is 15.7 Å². The summed E-state index contributed by atoms with van der Waals surface area (Å²) in [5.74, 6) is 0.0536. The Balaban J connectivity index is 2.72. The second-order valence-electron chi connectivity index (χ2n) is 4.31. The Hall–Kier alpha value is -1.66. The fraction of sp³-hybridized carbons (Fsp3) is 0.333. The second kappa shape index (κ2) is 7.21. The molecule has 1 rings (SSSR count). The van der Waals surface area contributed by atoms with Gasteiger partial charge >= 0.3 is 6.03 Å². The zero-order chi connectivity index (χ0) is 15.3. The van der Waals surface area contributed by atoms with Crippen LogP contribution < -0.4 is 11.1 Å². The fourth-order valence-corrected chi connectivity index (χ4v) is 1.81. The van der Waals surface area contributed by atoms with Gasteiger partial charge in [0.15, 0.2) is 0 Å². The number of rotatable bonds is 4. The minimum atomic E-state index is -0.368. The summed E-state index contributed by atoms with van der Waals surface area (Å²) < 4.78 is 0. The van der Waals surface area contributed by atoms with Crippen LogP contribution >= 0.6 is 23.2 Å². The number of anilines is 1. The van der Waals surface area contributed by atoms with Crippen LogP contribution in [0.25, 0.3) is 0 Å². The Bertz CT molecular complexity index is 522. The van der Waals surface area contributed by atoms with Crippen molar-refractivity contribution in [3.8, 4) is 0 Å². The van der Waals surface area contributed by atoms with Gasteiger partial charge in [0.05, 0.1) is 10.7 Å². The maximum Gasteiger partial charge on any atom is 0.321 e. The number of nitrogens with one attached hydrogen (secondary N) is 1. The first-order valence-corrected chi connectivity index (χ1v) is 6.56. The number of amides is 2. The fourth-order valence-electron chi connectivity index (χ4n) is 1.48. The average molecular weight is 319 g/mol. The number of hydrogen-bond acceptors (Lipinski definition) is 3. The zero-order valence-corrected chi connectivity index (χ0v) is 12.6. The molecule has 0 bridgehead atoms. The monoisotopic (exact) mass is 318 g/mol. The summed E-state index contributed by atoms with van der Waals surface area (Å²) >= 11 is 11.8. The highest BCUT2D eigenvalue weighted by atomic mass is 35.5. The van der Waals surface area contributed by atoms with Crippen molar-refractivity contribution in [2.75, 3.05) is 12.4 Å². The van der Waals surface area contributed by atoms with Gasteiger partial charge in [-0.05, 0) is 25.1 Å². The van der Waals surface area contributed by atoms with Crippen LogP contribution in [0.15, 0.2) is 23.4 Å². The number of urea groups is 1. The van der Waals surface area contributed by atoms with Crippen molar-refractivity contribution < 1.29 is 10.0 Å². The number of nitrogens with zero attached hydrogens (tertiary/aromatic N) is 2. The van der Waals surface area contributed by atoms with Crippen LogP contribution in [0, 0.1) is 0 Å². The van der Waals surface area contributed by atoms with E-state index >= 15 is 0 Å². The van der Waals surface area contributed by atoms with Crippen LogP contribution in [-0.2, 0) is 0 Å². The van der Waals surface area contributed by atoms with Gasteiger partial charge in [-0.1, -0.05) is 28.4 Å². The van der Waals surface area contributed by atoms with Crippen LogP contribution in [0.3, 0.4) is 0 Å². The molecular formula is C12H16Cl2N4O2. The highest BCUT2D eigenvalue weighted by Gasteiger charge is 2.18. The van der Waals surface area contributed by atoms with Gasteiger partial charge in [0, 0.05) is 24.5 Å². The second-order valence-corrected chi connectivity index (χ2v) is 5.15. The lowest BCUT2D eigenvalue weighted by atomic mass is 10.2. The van der Waals surface area contributed by atoms with Crippen LogP contribution in [-0.4, -0.2) is 35.1 Å². The summed E-state index contributed by atoms with van der Waals surface area (Å²) in [5, 5.41) is 14.9. The third kappa shape index (κ3) is 4.47. The van der Waals surface area contributed by atoms with E-state index in [1.807, 2.05) is 0 Å². The van der Waals surface area contributed by atoms with Crippen LogP contribution in [0.1, 0.15) is 13.3 Å². The number of nitrogens with two attached hydrogens (primary N) is 1. The molecule has 1 atom stereocenters. The molecule has 4 N–H and O–H groups in total.